The molecule has 0 spiro atoms. The second kappa shape index (κ2) is 9.99. The molecular formula is C43H37NO2. The van der Waals surface area contributed by atoms with Crippen molar-refractivity contribution in [3.63, 3.8) is 0 Å². The van der Waals surface area contributed by atoms with Gasteiger partial charge in [-0.3, -0.25) is 9.59 Å². The van der Waals surface area contributed by atoms with Gasteiger partial charge in [0.15, 0.2) is 11.6 Å². The first-order chi connectivity index (χ1) is 22.0. The molecule has 0 saturated carbocycles. The summed E-state index contributed by atoms with van der Waals surface area (Å²) in [4.78, 5) is 29.6. The topological polar surface area (TPSA) is 37.4 Å². The lowest BCUT2D eigenvalue weighted by Gasteiger charge is -2.44. The monoisotopic (exact) mass is 599 g/mol. The fourth-order valence-electron chi connectivity index (χ4n) is 7.70. The summed E-state index contributed by atoms with van der Waals surface area (Å²) >= 11 is 0. The fraction of sp³-hybridized carbons (Fsp3) is 0.209. The summed E-state index contributed by atoms with van der Waals surface area (Å²) in [6.45, 7) is 11.4. The second-order valence-electron chi connectivity index (χ2n) is 14.5. The van der Waals surface area contributed by atoms with E-state index in [1.165, 1.54) is 33.5 Å². The molecule has 0 atom stereocenters. The number of carbonyl (C=O) groups is 2. The molecule has 46 heavy (non-hydrogen) atoms. The molecule has 5 aromatic carbocycles. The van der Waals surface area contributed by atoms with E-state index >= 15 is 0 Å². The van der Waals surface area contributed by atoms with Crippen molar-refractivity contribution in [2.45, 2.75) is 58.3 Å². The van der Waals surface area contributed by atoms with Crippen molar-refractivity contribution < 1.29 is 9.59 Å². The molecule has 2 aliphatic carbocycles. The molecule has 1 aliphatic heterocycles. The molecule has 0 amide bonds. The lowest BCUT2D eigenvalue weighted by atomic mass is 9.69. The number of Topliss-reactive ketones (excluding diaryl/α,β-unsaturated/α-hetero) is 2. The van der Waals surface area contributed by atoms with Crippen molar-refractivity contribution in [3.05, 3.63) is 147 Å². The van der Waals surface area contributed by atoms with Gasteiger partial charge in [-0.25, -0.2) is 0 Å². The Hall–Kier alpha value is -5.02. The molecule has 3 aliphatic rings. The third-order valence-electron chi connectivity index (χ3n) is 10.2. The molecule has 5 aromatic rings. The molecule has 3 nitrogen and oxygen atoms in total. The third-order valence-corrected chi connectivity index (χ3v) is 10.2. The van der Waals surface area contributed by atoms with E-state index in [4.69, 9.17) is 0 Å². The van der Waals surface area contributed by atoms with Crippen LogP contribution in [0.1, 0.15) is 95.1 Å². The van der Waals surface area contributed by atoms with E-state index < -0.39 is 0 Å². The highest BCUT2D eigenvalue weighted by molar-refractivity contribution is 6.42. The Morgan fingerprint density at radius 1 is 0.761 bits per heavy atom. The van der Waals surface area contributed by atoms with Crippen LogP contribution in [-0.4, -0.2) is 11.6 Å². The first-order valence-electron chi connectivity index (χ1n) is 16.2. The predicted octanol–water partition coefficient (Wildman–Crippen LogP) is 10.7. The number of anilines is 3. The highest BCUT2D eigenvalue weighted by Gasteiger charge is 2.40. The van der Waals surface area contributed by atoms with E-state index in [9.17, 15) is 9.59 Å². The highest BCUT2D eigenvalue weighted by Crippen LogP contribution is 2.54. The van der Waals surface area contributed by atoms with E-state index in [2.05, 4.69) is 100 Å². The van der Waals surface area contributed by atoms with Gasteiger partial charge in [0.25, 0.3) is 0 Å². The first kappa shape index (κ1) is 28.5. The molecule has 0 fully saturated rings. The molecule has 0 N–H and O–H groups in total. The van der Waals surface area contributed by atoms with Crippen LogP contribution < -0.4 is 4.90 Å². The predicted molar refractivity (Wildman–Crippen MR) is 190 cm³/mol. The number of benzene rings is 5. The Labute approximate surface area is 270 Å². The van der Waals surface area contributed by atoms with Crippen molar-refractivity contribution in [1.82, 2.24) is 0 Å². The maximum Gasteiger partial charge on any atom is 0.197 e. The summed E-state index contributed by atoms with van der Waals surface area (Å²) in [6.07, 6.45) is 8.35. The van der Waals surface area contributed by atoms with Gasteiger partial charge in [0.05, 0.1) is 16.9 Å². The van der Waals surface area contributed by atoms with Crippen LogP contribution in [-0.2, 0) is 17.3 Å². The molecule has 1 heterocycles. The summed E-state index contributed by atoms with van der Waals surface area (Å²) in [5.41, 5.74) is 11.8. The van der Waals surface area contributed by atoms with Gasteiger partial charge in [0, 0.05) is 22.2 Å². The van der Waals surface area contributed by atoms with Gasteiger partial charge in [-0.1, -0.05) is 95.3 Å². The largest absolute Gasteiger partial charge is 0.310 e. The number of rotatable bonds is 2. The lowest BCUT2D eigenvalue weighted by molar-refractivity contribution is 0.0990. The summed E-state index contributed by atoms with van der Waals surface area (Å²) in [5.74, 6) is -0.399. The third kappa shape index (κ3) is 4.25. The Kier molecular flexibility index (Phi) is 6.18. The van der Waals surface area contributed by atoms with Crippen LogP contribution in [0.2, 0.25) is 0 Å². The average Bonchev–Trinajstić information content (AvgIpc) is 3.27. The van der Waals surface area contributed by atoms with Crippen LogP contribution in [0.5, 0.6) is 0 Å². The zero-order valence-electron chi connectivity index (χ0n) is 27.1. The first-order valence-corrected chi connectivity index (χ1v) is 16.2. The standard InChI is InChI=1S/C43H37NO2/c1-42(2,3)30-16-18-31(19-17-30)44-37-20-14-26(22-35-40(45)33-24-28-11-6-7-12-29(28)25-34(33)41(35)46)23-36(37)43(4,5)39-32-13-9-8-10-27(32)15-21-38(39)44/h6-8,10-12,14-25H,9,13H2,1-5H3. The fourth-order valence-corrected chi connectivity index (χ4v) is 7.70. The number of carbonyl (C=O) groups excluding carboxylic acids is 2. The molecule has 3 heteroatoms. The summed E-state index contributed by atoms with van der Waals surface area (Å²) < 4.78 is 0. The van der Waals surface area contributed by atoms with Crippen LogP contribution in [0, 0.1) is 0 Å². The van der Waals surface area contributed by atoms with Gasteiger partial charge < -0.3 is 4.90 Å². The molecule has 0 aromatic heterocycles. The van der Waals surface area contributed by atoms with Gasteiger partial charge in [0.2, 0.25) is 0 Å². The minimum Gasteiger partial charge on any atom is -0.310 e. The number of nitrogens with zero attached hydrogens (tertiary/aromatic N) is 1. The molecule has 0 unspecified atom stereocenters. The van der Waals surface area contributed by atoms with Crippen LogP contribution in [0.15, 0.2) is 103 Å². The number of hydrogen-bond acceptors (Lipinski definition) is 3. The molecule has 0 radical (unpaired) electrons. The zero-order chi connectivity index (χ0) is 32.0. The van der Waals surface area contributed by atoms with Gasteiger partial charge in [-0.05, 0) is 111 Å². The van der Waals surface area contributed by atoms with E-state index in [-0.39, 0.29) is 28.0 Å². The lowest BCUT2D eigenvalue weighted by Crippen LogP contribution is -2.32. The quantitative estimate of drug-likeness (QED) is 0.150. The van der Waals surface area contributed by atoms with Crippen molar-refractivity contribution in [2.75, 3.05) is 4.90 Å². The Morgan fingerprint density at radius 3 is 2.07 bits per heavy atom. The van der Waals surface area contributed by atoms with Gasteiger partial charge >= 0.3 is 0 Å². The summed E-state index contributed by atoms with van der Waals surface area (Å²) in [7, 11) is 0. The van der Waals surface area contributed by atoms with Crippen molar-refractivity contribution in [3.8, 4) is 0 Å². The Morgan fingerprint density at radius 2 is 1.41 bits per heavy atom. The summed E-state index contributed by atoms with van der Waals surface area (Å²) in [6, 6.07) is 31.5. The number of allylic oxidation sites excluding steroid dienone is 2. The molecular weight excluding hydrogens is 562 g/mol. The maximum atomic E-state index is 13.6. The van der Waals surface area contributed by atoms with Crippen molar-refractivity contribution in [2.24, 2.45) is 0 Å². The van der Waals surface area contributed by atoms with Gasteiger partial charge in [0.1, 0.15) is 0 Å². The molecule has 0 bridgehead atoms. The van der Waals surface area contributed by atoms with Crippen LogP contribution in [0.4, 0.5) is 17.1 Å². The van der Waals surface area contributed by atoms with Crippen LogP contribution in [0.25, 0.3) is 22.9 Å². The molecule has 226 valence electrons. The molecule has 0 saturated heterocycles. The van der Waals surface area contributed by atoms with Gasteiger partial charge in [-0.2, -0.15) is 0 Å². The Balaban J connectivity index is 1.29. The SMILES string of the molecule is CC(C)(C)c1ccc(N2c3ccc(C=C4C(=O)c5cc6ccccc6cc5C4=O)cc3C(C)(C)c3c2ccc2c3CCC=C2)cc1. The minimum atomic E-state index is -0.304. The van der Waals surface area contributed by atoms with Gasteiger partial charge in [-0.15, -0.1) is 0 Å². The average molecular weight is 600 g/mol. The van der Waals surface area contributed by atoms with E-state index in [1.54, 1.807) is 6.08 Å². The summed E-state index contributed by atoms with van der Waals surface area (Å²) in [5, 5.41) is 1.93. The smallest absolute Gasteiger partial charge is 0.197 e. The van der Waals surface area contributed by atoms with E-state index in [0.717, 1.165) is 40.6 Å². The minimum absolute atomic E-state index is 0.0630. The maximum absolute atomic E-state index is 13.6. The normalized spacial score (nSPS) is 16.3. The molecule has 8 rings (SSSR count). The Bertz CT molecular complexity index is 2130. The highest BCUT2D eigenvalue weighted by atomic mass is 16.2. The van der Waals surface area contributed by atoms with Crippen molar-refractivity contribution >= 4 is 51.6 Å². The van der Waals surface area contributed by atoms with Crippen LogP contribution >= 0.6 is 0 Å². The zero-order valence-corrected chi connectivity index (χ0v) is 27.1. The van der Waals surface area contributed by atoms with Crippen LogP contribution in [0.3, 0.4) is 0 Å². The number of fused-ring (bicyclic) bond motifs is 6. The van der Waals surface area contributed by atoms with Crippen molar-refractivity contribution in [1.29, 1.82) is 0 Å². The number of hydrogen-bond donors (Lipinski definition) is 0. The number of ketones is 2. The second-order valence-corrected chi connectivity index (χ2v) is 14.5. The van der Waals surface area contributed by atoms with E-state index in [0.29, 0.717) is 11.1 Å². The van der Waals surface area contributed by atoms with E-state index in [1.807, 2.05) is 42.5 Å².